The molecule has 7 heteroatoms. The summed E-state index contributed by atoms with van der Waals surface area (Å²) in [5.74, 6) is 0.769. The van der Waals surface area contributed by atoms with E-state index in [2.05, 4.69) is 26.6 Å². The van der Waals surface area contributed by atoms with Crippen molar-refractivity contribution in [1.82, 2.24) is 10.6 Å². The molecule has 6 nitrogen and oxygen atoms in total. The standard InChI is InChI=1S/C19H21BrN2O4/c1-25-16-8-7-13(11-17(16)26-2)9-10-21-18(23)12-22-19(24)14-5-3-4-6-15(14)20/h3-8,11H,9-10,12H2,1-2H3,(H,21,23)(H,22,24). The molecule has 26 heavy (non-hydrogen) atoms. The second kappa shape index (κ2) is 9.82. The van der Waals surface area contributed by atoms with Crippen LogP contribution < -0.4 is 20.1 Å². The predicted octanol–water partition coefficient (Wildman–Crippen LogP) is 2.55. The maximum absolute atomic E-state index is 12.0. The van der Waals surface area contributed by atoms with Crippen molar-refractivity contribution in [2.75, 3.05) is 27.3 Å². The summed E-state index contributed by atoms with van der Waals surface area (Å²) < 4.78 is 11.1. The molecule has 0 aliphatic heterocycles. The SMILES string of the molecule is COc1ccc(CCNC(=O)CNC(=O)c2ccccc2Br)cc1OC. The zero-order valence-electron chi connectivity index (χ0n) is 14.7. The van der Waals surface area contributed by atoms with Crippen molar-refractivity contribution in [2.24, 2.45) is 0 Å². The minimum Gasteiger partial charge on any atom is -0.493 e. The molecule has 2 N–H and O–H groups in total. The first-order valence-corrected chi connectivity index (χ1v) is 8.84. The van der Waals surface area contributed by atoms with Crippen molar-refractivity contribution in [2.45, 2.75) is 6.42 Å². The van der Waals surface area contributed by atoms with E-state index in [1.165, 1.54) is 0 Å². The van der Waals surface area contributed by atoms with Crippen LogP contribution in [-0.4, -0.2) is 39.1 Å². The van der Waals surface area contributed by atoms with Gasteiger partial charge in [0, 0.05) is 11.0 Å². The van der Waals surface area contributed by atoms with Crippen LogP contribution in [0.1, 0.15) is 15.9 Å². The summed E-state index contributed by atoms with van der Waals surface area (Å²) in [6.07, 6.45) is 0.643. The predicted molar refractivity (Wildman–Crippen MR) is 103 cm³/mol. The van der Waals surface area contributed by atoms with Gasteiger partial charge in [0.2, 0.25) is 5.91 Å². The Hall–Kier alpha value is -2.54. The highest BCUT2D eigenvalue weighted by molar-refractivity contribution is 9.10. The Kier molecular flexibility index (Phi) is 7.47. The van der Waals surface area contributed by atoms with Crippen molar-refractivity contribution in [3.8, 4) is 11.5 Å². The van der Waals surface area contributed by atoms with Crippen LogP contribution in [-0.2, 0) is 11.2 Å². The van der Waals surface area contributed by atoms with E-state index in [0.717, 1.165) is 5.56 Å². The maximum Gasteiger partial charge on any atom is 0.252 e. The van der Waals surface area contributed by atoms with Crippen LogP contribution >= 0.6 is 15.9 Å². The smallest absolute Gasteiger partial charge is 0.252 e. The Morgan fingerprint density at radius 3 is 2.42 bits per heavy atom. The maximum atomic E-state index is 12.0. The van der Waals surface area contributed by atoms with Crippen molar-refractivity contribution in [3.63, 3.8) is 0 Å². The van der Waals surface area contributed by atoms with E-state index in [1.807, 2.05) is 24.3 Å². The quantitative estimate of drug-likeness (QED) is 0.687. The number of rotatable bonds is 8. The van der Waals surface area contributed by atoms with Gasteiger partial charge in [0.15, 0.2) is 11.5 Å². The van der Waals surface area contributed by atoms with Gasteiger partial charge in [-0.1, -0.05) is 18.2 Å². The lowest BCUT2D eigenvalue weighted by Gasteiger charge is -2.10. The Bertz CT molecular complexity index is 780. The molecule has 0 aromatic heterocycles. The van der Waals surface area contributed by atoms with Gasteiger partial charge in [-0.3, -0.25) is 9.59 Å². The second-order valence-electron chi connectivity index (χ2n) is 5.45. The number of ether oxygens (including phenoxy) is 2. The van der Waals surface area contributed by atoms with E-state index in [9.17, 15) is 9.59 Å². The van der Waals surface area contributed by atoms with Gasteiger partial charge >= 0.3 is 0 Å². The van der Waals surface area contributed by atoms with Gasteiger partial charge in [-0.15, -0.1) is 0 Å². The molecule has 2 aromatic rings. The fourth-order valence-corrected chi connectivity index (χ4v) is 2.81. The Labute approximate surface area is 161 Å². The molecule has 0 unspecified atom stereocenters. The van der Waals surface area contributed by atoms with Crippen LogP contribution in [0.4, 0.5) is 0 Å². The van der Waals surface area contributed by atoms with Gasteiger partial charge < -0.3 is 20.1 Å². The number of hydrogen-bond acceptors (Lipinski definition) is 4. The summed E-state index contributed by atoms with van der Waals surface area (Å²) in [7, 11) is 3.16. The minimum absolute atomic E-state index is 0.0773. The van der Waals surface area contributed by atoms with Crippen LogP contribution in [0.25, 0.3) is 0 Å². The first kappa shape index (κ1) is 19.8. The van der Waals surface area contributed by atoms with Crippen molar-refractivity contribution in [3.05, 3.63) is 58.1 Å². The number of carbonyl (C=O) groups excluding carboxylic acids is 2. The number of methoxy groups -OCH3 is 2. The first-order valence-electron chi connectivity index (χ1n) is 8.05. The lowest BCUT2D eigenvalue weighted by molar-refractivity contribution is -0.120. The monoisotopic (exact) mass is 420 g/mol. The minimum atomic E-state index is -0.299. The lowest BCUT2D eigenvalue weighted by atomic mass is 10.1. The first-order chi connectivity index (χ1) is 12.5. The van der Waals surface area contributed by atoms with Gasteiger partial charge in [0.05, 0.1) is 26.3 Å². The zero-order chi connectivity index (χ0) is 18.9. The molecule has 0 saturated carbocycles. The highest BCUT2D eigenvalue weighted by Gasteiger charge is 2.10. The Morgan fingerprint density at radius 2 is 1.73 bits per heavy atom. The topological polar surface area (TPSA) is 76.7 Å². The van der Waals surface area contributed by atoms with Gasteiger partial charge in [-0.25, -0.2) is 0 Å². The lowest BCUT2D eigenvalue weighted by Crippen LogP contribution is -2.37. The van der Waals surface area contributed by atoms with Crippen LogP contribution in [0, 0.1) is 0 Å². The molecular formula is C19H21BrN2O4. The van der Waals surface area contributed by atoms with Crippen LogP contribution in [0.3, 0.4) is 0 Å². The molecule has 138 valence electrons. The Balaban J connectivity index is 1.77. The molecule has 2 rings (SSSR count). The highest BCUT2D eigenvalue weighted by atomic mass is 79.9. The third-order valence-electron chi connectivity index (χ3n) is 3.71. The second-order valence-corrected chi connectivity index (χ2v) is 6.31. The number of nitrogens with one attached hydrogen (secondary N) is 2. The summed E-state index contributed by atoms with van der Waals surface area (Å²) in [6, 6.07) is 12.7. The van der Waals surface area contributed by atoms with Crippen molar-refractivity contribution < 1.29 is 19.1 Å². The molecule has 0 fully saturated rings. The number of halogens is 1. The van der Waals surface area contributed by atoms with Gasteiger partial charge in [0.1, 0.15) is 0 Å². The fourth-order valence-electron chi connectivity index (χ4n) is 2.35. The molecule has 2 amide bonds. The summed E-state index contributed by atoms with van der Waals surface area (Å²) in [4.78, 5) is 23.9. The molecule has 0 bridgehead atoms. The summed E-state index contributed by atoms with van der Waals surface area (Å²) in [5, 5.41) is 5.39. The van der Waals surface area contributed by atoms with Crippen molar-refractivity contribution >= 4 is 27.7 Å². The van der Waals surface area contributed by atoms with Crippen LogP contribution in [0.15, 0.2) is 46.9 Å². The number of carbonyl (C=O) groups is 2. The van der Waals surface area contributed by atoms with Gasteiger partial charge in [0.25, 0.3) is 5.91 Å². The number of amides is 2. The van der Waals surface area contributed by atoms with Gasteiger partial charge in [-0.05, 0) is 52.2 Å². The molecule has 0 saturated heterocycles. The van der Waals surface area contributed by atoms with E-state index in [0.29, 0.717) is 34.5 Å². The summed E-state index contributed by atoms with van der Waals surface area (Å²) in [6.45, 7) is 0.380. The molecule has 0 atom stereocenters. The molecular weight excluding hydrogens is 400 g/mol. The van der Waals surface area contributed by atoms with Gasteiger partial charge in [-0.2, -0.15) is 0 Å². The third kappa shape index (κ3) is 5.49. The normalized spacial score (nSPS) is 10.1. The average molecular weight is 421 g/mol. The van der Waals surface area contributed by atoms with E-state index >= 15 is 0 Å². The van der Waals surface area contributed by atoms with E-state index < -0.39 is 0 Å². The molecule has 0 radical (unpaired) electrons. The summed E-state index contributed by atoms with van der Waals surface area (Å²) >= 11 is 3.31. The van der Waals surface area contributed by atoms with E-state index in [1.54, 1.807) is 32.4 Å². The summed E-state index contributed by atoms with van der Waals surface area (Å²) in [5.41, 5.74) is 1.51. The molecule has 0 spiro atoms. The largest absolute Gasteiger partial charge is 0.493 e. The third-order valence-corrected chi connectivity index (χ3v) is 4.40. The van der Waals surface area contributed by atoms with E-state index in [-0.39, 0.29) is 18.4 Å². The Morgan fingerprint density at radius 1 is 1.00 bits per heavy atom. The molecule has 0 aliphatic rings. The average Bonchev–Trinajstić information content (AvgIpc) is 2.66. The van der Waals surface area contributed by atoms with Crippen LogP contribution in [0.2, 0.25) is 0 Å². The molecule has 0 heterocycles. The number of benzene rings is 2. The molecule has 0 aliphatic carbocycles. The fraction of sp³-hybridized carbons (Fsp3) is 0.263. The highest BCUT2D eigenvalue weighted by Crippen LogP contribution is 2.27. The number of hydrogen-bond donors (Lipinski definition) is 2. The van der Waals surface area contributed by atoms with Crippen LogP contribution in [0.5, 0.6) is 11.5 Å². The zero-order valence-corrected chi connectivity index (χ0v) is 16.3. The van der Waals surface area contributed by atoms with Crippen molar-refractivity contribution in [1.29, 1.82) is 0 Å². The molecule has 2 aromatic carbocycles. The van der Waals surface area contributed by atoms with E-state index in [4.69, 9.17) is 9.47 Å².